The van der Waals surface area contributed by atoms with Crippen molar-refractivity contribution in [2.24, 2.45) is 0 Å². The number of benzene rings is 1. The van der Waals surface area contributed by atoms with Crippen LogP contribution in [0.1, 0.15) is 55.2 Å². The van der Waals surface area contributed by atoms with Gasteiger partial charge in [0.2, 0.25) is 0 Å². The van der Waals surface area contributed by atoms with Gasteiger partial charge in [0.1, 0.15) is 29.0 Å². The number of imidazole rings is 1. The van der Waals surface area contributed by atoms with Crippen molar-refractivity contribution in [3.8, 4) is 5.75 Å². The number of ether oxygens (including phenoxy) is 2. The minimum absolute atomic E-state index is 0.0648. The highest BCUT2D eigenvalue weighted by molar-refractivity contribution is 7.87. The third kappa shape index (κ3) is 5.20. The fourth-order valence-electron chi connectivity index (χ4n) is 5.18. The van der Waals surface area contributed by atoms with E-state index in [4.69, 9.17) is 9.47 Å². The van der Waals surface area contributed by atoms with Gasteiger partial charge in [0, 0.05) is 37.8 Å². The highest BCUT2D eigenvalue weighted by Gasteiger charge is 2.31. The molecule has 2 aliphatic heterocycles. The number of rotatable bonds is 9. The summed E-state index contributed by atoms with van der Waals surface area (Å²) in [4.78, 5) is 19.4. The van der Waals surface area contributed by atoms with Gasteiger partial charge < -0.3 is 14.4 Å². The Labute approximate surface area is 221 Å². The lowest BCUT2D eigenvalue weighted by Gasteiger charge is -2.29. The van der Waals surface area contributed by atoms with Crippen LogP contribution in [0.25, 0.3) is 5.65 Å². The Morgan fingerprint density at radius 2 is 2.05 bits per heavy atom. The first-order valence-corrected chi connectivity index (χ1v) is 14.3. The van der Waals surface area contributed by atoms with Gasteiger partial charge in [-0.2, -0.15) is 12.7 Å². The molecule has 2 unspecified atom stereocenters. The highest BCUT2D eigenvalue weighted by Crippen LogP contribution is 2.41. The summed E-state index contributed by atoms with van der Waals surface area (Å²) in [6, 6.07) is 8.16. The van der Waals surface area contributed by atoms with E-state index in [0.717, 1.165) is 37.1 Å². The van der Waals surface area contributed by atoms with Crippen LogP contribution in [0.15, 0.2) is 42.7 Å². The lowest BCUT2D eigenvalue weighted by atomic mass is 10.0. The average molecular weight is 546 g/mol. The number of aromatic nitrogens is 2. The second-order valence-electron chi connectivity index (χ2n) is 9.42. The smallest absolute Gasteiger partial charge is 0.304 e. The molecule has 3 aromatic rings. The van der Waals surface area contributed by atoms with Gasteiger partial charge in [-0.3, -0.25) is 9.20 Å². The van der Waals surface area contributed by atoms with Crippen molar-refractivity contribution in [2.45, 2.75) is 45.3 Å². The van der Waals surface area contributed by atoms with Crippen LogP contribution in [0.3, 0.4) is 0 Å². The molecule has 1 amide bonds. The molecule has 0 aliphatic carbocycles. The molecule has 2 aromatic heterocycles. The van der Waals surface area contributed by atoms with E-state index in [9.17, 15) is 17.6 Å². The zero-order chi connectivity index (χ0) is 26.9. The van der Waals surface area contributed by atoms with E-state index < -0.39 is 16.1 Å². The van der Waals surface area contributed by atoms with Crippen molar-refractivity contribution < 1.29 is 27.1 Å². The molecule has 4 heterocycles. The maximum absolute atomic E-state index is 14.4. The molecule has 12 heteroatoms. The summed E-state index contributed by atoms with van der Waals surface area (Å²) >= 11 is 0. The Kier molecular flexibility index (Phi) is 7.55. The highest BCUT2D eigenvalue weighted by atomic mass is 32.2. The Morgan fingerprint density at radius 3 is 2.79 bits per heavy atom. The van der Waals surface area contributed by atoms with Crippen molar-refractivity contribution >= 4 is 27.5 Å². The molecule has 0 radical (unpaired) electrons. The van der Waals surface area contributed by atoms with Gasteiger partial charge in [0.05, 0.1) is 31.1 Å². The van der Waals surface area contributed by atoms with E-state index in [-0.39, 0.29) is 36.7 Å². The Bertz CT molecular complexity index is 1420. The molecule has 1 aromatic carbocycles. The van der Waals surface area contributed by atoms with E-state index in [1.807, 2.05) is 6.07 Å². The minimum Gasteiger partial charge on any atom is -0.488 e. The number of carbonyl (C=O) groups excluding carboxylic acids is 1. The number of amides is 1. The molecule has 2 saturated heterocycles. The zero-order valence-corrected chi connectivity index (χ0v) is 22.3. The number of pyridine rings is 1. The first kappa shape index (κ1) is 26.4. The van der Waals surface area contributed by atoms with E-state index in [1.54, 1.807) is 36.6 Å². The quantitative estimate of drug-likeness (QED) is 0.440. The summed E-state index contributed by atoms with van der Waals surface area (Å²) in [5, 5.41) is 0. The molecule has 5 rings (SSSR count). The summed E-state index contributed by atoms with van der Waals surface area (Å²) in [5.41, 5.74) is 2.18. The molecule has 2 aliphatic rings. The number of anilines is 1. The molecule has 2 fully saturated rings. The maximum Gasteiger partial charge on any atom is 0.304 e. The monoisotopic (exact) mass is 545 g/mol. The van der Waals surface area contributed by atoms with E-state index in [2.05, 4.69) is 14.6 Å². The van der Waals surface area contributed by atoms with E-state index in [1.165, 1.54) is 22.6 Å². The van der Waals surface area contributed by atoms with Crippen molar-refractivity contribution in [3.05, 3.63) is 59.8 Å². The molecule has 0 bridgehead atoms. The Morgan fingerprint density at radius 1 is 1.24 bits per heavy atom. The van der Waals surface area contributed by atoms with Gasteiger partial charge in [0.15, 0.2) is 0 Å². The summed E-state index contributed by atoms with van der Waals surface area (Å²) in [6.45, 7) is 5.78. The third-order valence-electron chi connectivity index (χ3n) is 7.09. The number of nitrogens with one attached hydrogen (secondary N) is 1. The van der Waals surface area contributed by atoms with Crippen LogP contribution in [-0.2, 0) is 14.9 Å². The standard InChI is InChI=1S/C26H32FN5O5S/c1-3-30(4-2)38(34,35)29-26(33)23-15-28-25-10-8-19(16-32(23)25)31-12-5-6-22(31)21-14-18(27)7-9-24(21)37-20-11-13-36-17-20/h7-10,14-16,20,22H,3-6,11-13,17H2,1-2H3,(H,29,33). The second kappa shape index (κ2) is 10.9. The number of carbonyl (C=O) groups is 1. The van der Waals surface area contributed by atoms with Crippen LogP contribution >= 0.6 is 0 Å². The molecule has 0 saturated carbocycles. The number of halogens is 1. The van der Waals surface area contributed by atoms with Crippen molar-refractivity contribution in [1.82, 2.24) is 18.4 Å². The van der Waals surface area contributed by atoms with Crippen LogP contribution in [0.5, 0.6) is 5.75 Å². The molecule has 0 spiro atoms. The normalized spacial score (nSPS) is 19.9. The lowest BCUT2D eigenvalue weighted by Crippen LogP contribution is -2.43. The van der Waals surface area contributed by atoms with Gasteiger partial charge in [-0.15, -0.1) is 0 Å². The average Bonchev–Trinajstić information content (AvgIpc) is 3.66. The largest absolute Gasteiger partial charge is 0.488 e. The third-order valence-corrected chi connectivity index (χ3v) is 8.73. The van der Waals surface area contributed by atoms with Crippen LogP contribution < -0.4 is 14.4 Å². The molecule has 1 N–H and O–H groups in total. The topological polar surface area (TPSA) is 105 Å². The van der Waals surface area contributed by atoms with Crippen LogP contribution in [0, 0.1) is 5.82 Å². The van der Waals surface area contributed by atoms with Crippen molar-refractivity contribution in [1.29, 1.82) is 0 Å². The first-order valence-electron chi connectivity index (χ1n) is 12.9. The molecule has 2 atom stereocenters. The number of fused-ring (bicyclic) bond motifs is 1. The van der Waals surface area contributed by atoms with Crippen LogP contribution in [0.2, 0.25) is 0 Å². The van der Waals surface area contributed by atoms with Gasteiger partial charge >= 0.3 is 10.2 Å². The molecular formula is C26H32FN5O5S. The Hall–Kier alpha value is -3.22. The number of hydrogen-bond acceptors (Lipinski definition) is 7. The Balaban J connectivity index is 1.45. The van der Waals surface area contributed by atoms with Gasteiger partial charge in [-0.25, -0.2) is 14.1 Å². The second-order valence-corrected chi connectivity index (χ2v) is 11.1. The summed E-state index contributed by atoms with van der Waals surface area (Å²) in [5.74, 6) is -0.455. The molecule has 38 heavy (non-hydrogen) atoms. The predicted molar refractivity (Wildman–Crippen MR) is 140 cm³/mol. The van der Waals surface area contributed by atoms with Gasteiger partial charge in [-0.05, 0) is 43.2 Å². The maximum atomic E-state index is 14.4. The predicted octanol–water partition coefficient (Wildman–Crippen LogP) is 3.30. The fourth-order valence-corrected chi connectivity index (χ4v) is 6.32. The van der Waals surface area contributed by atoms with Crippen LogP contribution in [0.4, 0.5) is 10.1 Å². The van der Waals surface area contributed by atoms with Gasteiger partial charge in [0.25, 0.3) is 5.91 Å². The minimum atomic E-state index is -3.98. The lowest BCUT2D eigenvalue weighted by molar-refractivity contribution is 0.0973. The molecule has 10 nitrogen and oxygen atoms in total. The molecular weight excluding hydrogens is 513 g/mol. The SMILES string of the molecule is CCN(CC)S(=O)(=O)NC(=O)c1cnc2ccc(N3CCCC3c3cc(F)ccc3OC3CCOC3)cn12. The van der Waals surface area contributed by atoms with E-state index >= 15 is 0 Å². The van der Waals surface area contributed by atoms with Crippen molar-refractivity contribution in [2.75, 3.05) is 37.7 Å². The summed E-state index contributed by atoms with van der Waals surface area (Å²) < 4.78 is 56.1. The van der Waals surface area contributed by atoms with Crippen molar-refractivity contribution in [3.63, 3.8) is 0 Å². The van der Waals surface area contributed by atoms with E-state index in [0.29, 0.717) is 24.6 Å². The summed E-state index contributed by atoms with van der Waals surface area (Å²) in [6.07, 6.45) is 5.55. The van der Waals surface area contributed by atoms with Crippen LogP contribution in [-0.4, -0.2) is 67.0 Å². The van der Waals surface area contributed by atoms with Gasteiger partial charge in [-0.1, -0.05) is 13.8 Å². The number of hydrogen-bond donors (Lipinski definition) is 1. The number of nitrogens with zero attached hydrogens (tertiary/aromatic N) is 4. The zero-order valence-electron chi connectivity index (χ0n) is 21.5. The molecule has 204 valence electrons. The summed E-state index contributed by atoms with van der Waals surface area (Å²) in [7, 11) is -3.98. The fraction of sp³-hybridized carbons (Fsp3) is 0.462. The first-order chi connectivity index (χ1) is 18.3.